The molecule has 1 aliphatic heterocycles. The highest BCUT2D eigenvalue weighted by molar-refractivity contribution is 8.15. The van der Waals surface area contributed by atoms with Crippen LogP contribution in [-0.2, 0) is 0 Å². The summed E-state index contributed by atoms with van der Waals surface area (Å²) in [6, 6.07) is 17.6. The second-order valence-electron chi connectivity index (χ2n) is 6.72. The lowest BCUT2D eigenvalue weighted by atomic mass is 10.2. The Morgan fingerprint density at radius 2 is 1.96 bits per heavy atom. The fraction of sp³-hybridized carbons (Fsp3) is 0.238. The second kappa shape index (κ2) is 6.32. The van der Waals surface area contributed by atoms with Gasteiger partial charge in [-0.05, 0) is 37.1 Å². The van der Waals surface area contributed by atoms with Crippen molar-refractivity contribution in [1.82, 2.24) is 4.98 Å². The number of hydrogen-bond acceptors (Lipinski definition) is 5. The number of thioether (sulfide) groups is 1. The molecule has 2 aromatic carbocycles. The normalized spacial score (nSPS) is 21.6. The number of aliphatic imine (C=N–C) groups is 1. The summed E-state index contributed by atoms with van der Waals surface area (Å²) in [5, 5.41) is 12.6. The number of aromatic hydroxyl groups is 1. The van der Waals surface area contributed by atoms with Gasteiger partial charge in [0.05, 0.1) is 11.1 Å². The zero-order valence-electron chi connectivity index (χ0n) is 14.1. The van der Waals surface area contributed by atoms with E-state index in [1.807, 2.05) is 48.2 Å². The van der Waals surface area contributed by atoms with Crippen molar-refractivity contribution in [2.24, 2.45) is 4.99 Å². The van der Waals surface area contributed by atoms with Crippen LogP contribution in [0.15, 0.2) is 59.6 Å². The molecule has 0 saturated heterocycles. The van der Waals surface area contributed by atoms with Crippen LogP contribution in [0.3, 0.4) is 0 Å². The molecular formula is C21H18N2O2S. The summed E-state index contributed by atoms with van der Waals surface area (Å²) in [6.07, 6.45) is 3.77. The number of pyridine rings is 1. The molecule has 2 atom stereocenters. The van der Waals surface area contributed by atoms with Gasteiger partial charge in [0.2, 0.25) is 5.88 Å². The van der Waals surface area contributed by atoms with Gasteiger partial charge >= 0.3 is 0 Å². The summed E-state index contributed by atoms with van der Waals surface area (Å²) in [5.41, 5.74) is 1.65. The number of para-hydroxylation sites is 1. The largest absolute Gasteiger partial charge is 0.506 e. The first kappa shape index (κ1) is 15.7. The third-order valence-electron chi connectivity index (χ3n) is 4.94. The molecule has 2 aliphatic rings. The van der Waals surface area contributed by atoms with Crippen LogP contribution in [0.4, 0.5) is 0 Å². The first-order valence-corrected chi connectivity index (χ1v) is 9.76. The van der Waals surface area contributed by atoms with Gasteiger partial charge in [-0.1, -0.05) is 30.7 Å². The molecule has 0 spiro atoms. The maximum atomic E-state index is 9.99. The van der Waals surface area contributed by atoms with E-state index >= 15 is 0 Å². The molecule has 4 nitrogen and oxygen atoms in total. The number of phenols is 1. The van der Waals surface area contributed by atoms with Crippen LogP contribution in [0.1, 0.15) is 24.8 Å². The van der Waals surface area contributed by atoms with E-state index in [1.165, 1.54) is 19.3 Å². The van der Waals surface area contributed by atoms with E-state index in [2.05, 4.69) is 11.1 Å². The van der Waals surface area contributed by atoms with Crippen LogP contribution in [-0.4, -0.2) is 26.4 Å². The molecule has 130 valence electrons. The summed E-state index contributed by atoms with van der Waals surface area (Å²) in [5.74, 6) is 1.35. The number of nitrogens with zero attached hydrogens (tertiary/aromatic N) is 2. The molecule has 5 heteroatoms. The Bertz CT molecular complexity index is 1020. The highest BCUT2D eigenvalue weighted by atomic mass is 32.2. The van der Waals surface area contributed by atoms with Gasteiger partial charge in [0, 0.05) is 22.3 Å². The highest BCUT2D eigenvalue weighted by Gasteiger charge is 2.34. The van der Waals surface area contributed by atoms with Gasteiger partial charge < -0.3 is 9.84 Å². The minimum absolute atomic E-state index is 0.157. The van der Waals surface area contributed by atoms with Crippen molar-refractivity contribution in [3.05, 3.63) is 60.2 Å². The molecule has 1 aliphatic carbocycles. The first-order valence-electron chi connectivity index (χ1n) is 8.88. The van der Waals surface area contributed by atoms with E-state index in [0.717, 1.165) is 21.7 Å². The molecule has 0 unspecified atom stereocenters. The number of benzene rings is 2. The number of fused-ring (bicyclic) bond motifs is 2. The summed E-state index contributed by atoms with van der Waals surface area (Å²) in [6.45, 7) is 0. The minimum Gasteiger partial charge on any atom is -0.506 e. The quantitative estimate of drug-likeness (QED) is 0.700. The standard InChI is InChI=1S/C21H18N2O2S/c24-17-8-2-4-13-10-11-19(23-20(13)17)25-15-6-1-5-14(12-15)21-22-16-7-3-9-18(16)26-21/h1-2,4-6,8,10-12,16,18,24H,3,7,9H2/t16-,18+/m0/s1. The summed E-state index contributed by atoms with van der Waals surface area (Å²) >= 11 is 1.90. The molecule has 5 rings (SSSR count). The van der Waals surface area contributed by atoms with Crippen LogP contribution < -0.4 is 4.74 Å². The monoisotopic (exact) mass is 362 g/mol. The van der Waals surface area contributed by atoms with Crippen LogP contribution >= 0.6 is 11.8 Å². The van der Waals surface area contributed by atoms with Gasteiger partial charge in [-0.2, -0.15) is 0 Å². The van der Waals surface area contributed by atoms with Gasteiger partial charge in [0.15, 0.2) is 0 Å². The molecule has 0 amide bonds. The average molecular weight is 362 g/mol. The molecule has 1 saturated carbocycles. The third kappa shape index (κ3) is 2.82. The van der Waals surface area contributed by atoms with E-state index in [4.69, 9.17) is 9.73 Å². The lowest BCUT2D eigenvalue weighted by Crippen LogP contribution is -2.07. The summed E-state index contributed by atoms with van der Waals surface area (Å²) < 4.78 is 5.95. The number of phenolic OH excluding ortho intramolecular Hbond substituents is 1. The van der Waals surface area contributed by atoms with E-state index in [-0.39, 0.29) is 5.75 Å². The molecule has 0 bridgehead atoms. The van der Waals surface area contributed by atoms with E-state index in [1.54, 1.807) is 12.1 Å². The van der Waals surface area contributed by atoms with Gasteiger partial charge in [-0.25, -0.2) is 4.98 Å². The zero-order valence-corrected chi connectivity index (χ0v) is 14.9. The Balaban J connectivity index is 1.42. The minimum atomic E-state index is 0.157. The lowest BCUT2D eigenvalue weighted by molar-refractivity contribution is 0.460. The number of hydrogen-bond donors (Lipinski definition) is 1. The van der Waals surface area contributed by atoms with Crippen molar-refractivity contribution in [3.63, 3.8) is 0 Å². The van der Waals surface area contributed by atoms with E-state index < -0.39 is 0 Å². The third-order valence-corrected chi connectivity index (χ3v) is 6.36. The summed E-state index contributed by atoms with van der Waals surface area (Å²) in [4.78, 5) is 9.33. The second-order valence-corrected chi connectivity index (χ2v) is 7.94. The maximum absolute atomic E-state index is 9.99. The first-order chi connectivity index (χ1) is 12.8. The van der Waals surface area contributed by atoms with Crippen molar-refractivity contribution in [2.75, 3.05) is 0 Å². The smallest absolute Gasteiger partial charge is 0.219 e. The van der Waals surface area contributed by atoms with Crippen LogP contribution in [0, 0.1) is 0 Å². The van der Waals surface area contributed by atoms with Crippen LogP contribution in [0.2, 0.25) is 0 Å². The van der Waals surface area contributed by atoms with Crippen LogP contribution in [0.25, 0.3) is 10.9 Å². The van der Waals surface area contributed by atoms with Crippen molar-refractivity contribution in [1.29, 1.82) is 0 Å². The fourth-order valence-corrected chi connectivity index (χ4v) is 5.03. The Labute approximate surface area is 155 Å². The summed E-state index contributed by atoms with van der Waals surface area (Å²) in [7, 11) is 0. The van der Waals surface area contributed by atoms with Gasteiger partial charge in [0.25, 0.3) is 0 Å². The fourth-order valence-electron chi connectivity index (χ4n) is 3.64. The molecular weight excluding hydrogens is 344 g/mol. The number of rotatable bonds is 3. The van der Waals surface area contributed by atoms with Crippen molar-refractivity contribution >= 4 is 27.7 Å². The Morgan fingerprint density at radius 1 is 1.04 bits per heavy atom. The molecule has 1 aromatic heterocycles. The molecule has 1 fully saturated rings. The Hall–Kier alpha value is -2.53. The van der Waals surface area contributed by atoms with Crippen molar-refractivity contribution < 1.29 is 9.84 Å². The predicted molar refractivity (Wildman–Crippen MR) is 105 cm³/mol. The molecule has 1 N–H and O–H groups in total. The SMILES string of the molecule is Oc1cccc2ccc(Oc3cccc(C4=N[C@H]5CCC[C@H]5S4)c3)nc12. The molecule has 0 radical (unpaired) electrons. The van der Waals surface area contributed by atoms with Crippen molar-refractivity contribution in [3.8, 4) is 17.4 Å². The number of aromatic nitrogens is 1. The Morgan fingerprint density at radius 3 is 2.88 bits per heavy atom. The molecule has 2 heterocycles. The lowest BCUT2D eigenvalue weighted by Gasteiger charge is -2.09. The van der Waals surface area contributed by atoms with Crippen molar-refractivity contribution in [2.45, 2.75) is 30.6 Å². The van der Waals surface area contributed by atoms with Crippen LogP contribution in [0.5, 0.6) is 17.4 Å². The van der Waals surface area contributed by atoms with Gasteiger partial charge in [-0.3, -0.25) is 4.99 Å². The Kier molecular flexibility index (Phi) is 3.82. The van der Waals surface area contributed by atoms with E-state index in [0.29, 0.717) is 22.7 Å². The predicted octanol–water partition coefficient (Wildman–Crippen LogP) is 5.15. The van der Waals surface area contributed by atoms with Gasteiger partial charge in [-0.15, -0.1) is 11.8 Å². The maximum Gasteiger partial charge on any atom is 0.219 e. The number of ether oxygens (including phenoxy) is 1. The zero-order chi connectivity index (χ0) is 17.5. The molecule has 26 heavy (non-hydrogen) atoms. The molecule has 3 aromatic rings. The highest BCUT2D eigenvalue weighted by Crippen LogP contribution is 2.40. The topological polar surface area (TPSA) is 54.7 Å². The van der Waals surface area contributed by atoms with Gasteiger partial charge in [0.1, 0.15) is 17.0 Å². The average Bonchev–Trinajstić information content (AvgIpc) is 3.25. The van der Waals surface area contributed by atoms with E-state index in [9.17, 15) is 5.11 Å².